The van der Waals surface area contributed by atoms with Crippen molar-refractivity contribution in [2.45, 2.75) is 20.4 Å². The summed E-state index contributed by atoms with van der Waals surface area (Å²) in [6, 6.07) is 1.84. The van der Waals surface area contributed by atoms with Gasteiger partial charge in [-0.25, -0.2) is 0 Å². The van der Waals surface area contributed by atoms with Gasteiger partial charge >= 0.3 is 0 Å². The zero-order valence-corrected chi connectivity index (χ0v) is 10.4. The average Bonchev–Trinajstić information content (AvgIpc) is 2.66. The first-order valence-electron chi connectivity index (χ1n) is 5.54. The Bertz CT molecular complexity index is 359. The van der Waals surface area contributed by atoms with Gasteiger partial charge in [0.1, 0.15) is 5.69 Å². The van der Waals surface area contributed by atoms with Gasteiger partial charge in [0.25, 0.3) is 5.91 Å². The zero-order chi connectivity index (χ0) is 12.1. The van der Waals surface area contributed by atoms with E-state index < -0.39 is 0 Å². The van der Waals surface area contributed by atoms with Crippen molar-refractivity contribution in [3.05, 3.63) is 17.5 Å². The molecule has 0 aromatic carbocycles. The van der Waals surface area contributed by atoms with E-state index in [1.807, 2.05) is 34.0 Å². The molecule has 0 atom stereocenters. The van der Waals surface area contributed by atoms with E-state index in [1.165, 1.54) is 0 Å². The fourth-order valence-electron chi connectivity index (χ4n) is 1.54. The molecule has 1 amide bonds. The van der Waals surface area contributed by atoms with E-state index >= 15 is 0 Å². The van der Waals surface area contributed by atoms with Crippen molar-refractivity contribution < 1.29 is 4.79 Å². The third-order valence-electron chi connectivity index (χ3n) is 2.46. The molecule has 16 heavy (non-hydrogen) atoms. The molecular formula is C11H20N4O. The number of rotatable bonds is 5. The van der Waals surface area contributed by atoms with Crippen molar-refractivity contribution in [2.75, 3.05) is 27.2 Å². The van der Waals surface area contributed by atoms with Crippen LogP contribution in [0.2, 0.25) is 0 Å². The Balaban J connectivity index is 2.78. The van der Waals surface area contributed by atoms with Crippen molar-refractivity contribution >= 4 is 5.91 Å². The maximum absolute atomic E-state index is 12.1. The van der Waals surface area contributed by atoms with Crippen molar-refractivity contribution in [3.8, 4) is 0 Å². The zero-order valence-electron chi connectivity index (χ0n) is 10.4. The van der Waals surface area contributed by atoms with Crippen LogP contribution in [0.15, 0.2) is 6.07 Å². The van der Waals surface area contributed by atoms with Gasteiger partial charge in [-0.3, -0.25) is 9.48 Å². The van der Waals surface area contributed by atoms with Gasteiger partial charge in [0.05, 0.1) is 5.69 Å². The number of nitrogens with one attached hydrogen (secondary N) is 1. The van der Waals surface area contributed by atoms with E-state index in [9.17, 15) is 4.79 Å². The highest BCUT2D eigenvalue weighted by Crippen LogP contribution is 2.06. The lowest BCUT2D eigenvalue weighted by molar-refractivity contribution is 0.0784. The molecule has 0 unspecified atom stereocenters. The fourth-order valence-corrected chi connectivity index (χ4v) is 1.54. The molecule has 5 heteroatoms. The molecule has 1 rings (SSSR count). The molecule has 1 aromatic rings. The minimum absolute atomic E-state index is 0.0256. The number of aryl methyl sites for hydroxylation is 2. The minimum Gasteiger partial charge on any atom is -0.339 e. The first kappa shape index (κ1) is 12.7. The lowest BCUT2D eigenvalue weighted by Gasteiger charge is -2.17. The number of carbonyl (C=O) groups excluding carboxylic acids is 1. The maximum Gasteiger partial charge on any atom is 0.271 e. The van der Waals surface area contributed by atoms with Crippen LogP contribution in [0, 0.1) is 6.92 Å². The second kappa shape index (κ2) is 5.65. The largest absolute Gasteiger partial charge is 0.339 e. The van der Waals surface area contributed by atoms with E-state index in [-0.39, 0.29) is 5.91 Å². The summed E-state index contributed by atoms with van der Waals surface area (Å²) < 4.78 is 1.74. The third kappa shape index (κ3) is 2.82. The molecular weight excluding hydrogens is 204 g/mol. The molecule has 5 nitrogen and oxygen atoms in total. The number of hydrogen-bond acceptors (Lipinski definition) is 3. The van der Waals surface area contributed by atoms with Gasteiger partial charge in [0, 0.05) is 26.7 Å². The predicted molar refractivity (Wildman–Crippen MR) is 63.5 cm³/mol. The summed E-state index contributed by atoms with van der Waals surface area (Å²) in [5.41, 5.74) is 1.55. The topological polar surface area (TPSA) is 50.2 Å². The highest BCUT2D eigenvalue weighted by atomic mass is 16.2. The first-order chi connectivity index (χ1) is 7.60. The molecule has 0 aliphatic carbocycles. The molecule has 0 aliphatic rings. The standard InChI is InChI=1S/C11H20N4O/c1-5-15-10(8-9(2)13-15)11(16)14(4)7-6-12-3/h8,12H,5-7H2,1-4H3. The second-order valence-electron chi connectivity index (χ2n) is 3.82. The lowest BCUT2D eigenvalue weighted by atomic mass is 10.3. The highest BCUT2D eigenvalue weighted by Gasteiger charge is 2.16. The van der Waals surface area contributed by atoms with E-state index in [2.05, 4.69) is 10.4 Å². The van der Waals surface area contributed by atoms with Crippen molar-refractivity contribution in [1.82, 2.24) is 20.0 Å². The smallest absolute Gasteiger partial charge is 0.271 e. The average molecular weight is 224 g/mol. The van der Waals surface area contributed by atoms with Crippen LogP contribution < -0.4 is 5.32 Å². The van der Waals surface area contributed by atoms with Crippen LogP contribution in [0.1, 0.15) is 23.1 Å². The summed E-state index contributed by atoms with van der Waals surface area (Å²) in [7, 11) is 3.68. The van der Waals surface area contributed by atoms with Gasteiger partial charge in [-0.05, 0) is 27.0 Å². The van der Waals surface area contributed by atoms with Crippen LogP contribution in [0.25, 0.3) is 0 Å². The molecule has 0 saturated heterocycles. The SMILES string of the molecule is CCn1nc(C)cc1C(=O)N(C)CCNC. The molecule has 0 radical (unpaired) electrons. The van der Waals surface area contributed by atoms with E-state index in [1.54, 1.807) is 9.58 Å². The second-order valence-corrected chi connectivity index (χ2v) is 3.82. The van der Waals surface area contributed by atoms with Crippen LogP contribution >= 0.6 is 0 Å². The van der Waals surface area contributed by atoms with Crippen LogP contribution in [0.5, 0.6) is 0 Å². The van der Waals surface area contributed by atoms with Crippen LogP contribution in [0.4, 0.5) is 0 Å². The quantitative estimate of drug-likeness (QED) is 0.792. The highest BCUT2D eigenvalue weighted by molar-refractivity contribution is 5.92. The number of aromatic nitrogens is 2. The number of likely N-dealkylation sites (N-methyl/N-ethyl adjacent to an activating group) is 2. The molecule has 0 aliphatic heterocycles. The van der Waals surface area contributed by atoms with Crippen molar-refractivity contribution in [2.24, 2.45) is 0 Å². The molecule has 1 heterocycles. The van der Waals surface area contributed by atoms with Crippen LogP contribution in [0.3, 0.4) is 0 Å². The molecule has 1 aromatic heterocycles. The summed E-state index contributed by atoms with van der Waals surface area (Å²) in [6.07, 6.45) is 0. The predicted octanol–water partition coefficient (Wildman–Crippen LogP) is 0.503. The van der Waals surface area contributed by atoms with Crippen molar-refractivity contribution in [1.29, 1.82) is 0 Å². The van der Waals surface area contributed by atoms with Crippen LogP contribution in [-0.2, 0) is 6.54 Å². The van der Waals surface area contributed by atoms with Gasteiger partial charge < -0.3 is 10.2 Å². The molecule has 0 saturated carbocycles. The lowest BCUT2D eigenvalue weighted by Crippen LogP contribution is -2.34. The molecule has 90 valence electrons. The molecule has 0 bridgehead atoms. The Labute approximate surface area is 96.4 Å². The summed E-state index contributed by atoms with van der Waals surface area (Å²) >= 11 is 0. The van der Waals surface area contributed by atoms with Gasteiger partial charge in [0.2, 0.25) is 0 Å². The Kier molecular flexibility index (Phi) is 4.49. The third-order valence-corrected chi connectivity index (χ3v) is 2.46. The van der Waals surface area contributed by atoms with E-state index in [0.29, 0.717) is 12.2 Å². The molecule has 0 fully saturated rings. The maximum atomic E-state index is 12.1. The summed E-state index contributed by atoms with van der Waals surface area (Å²) in [6.45, 7) is 6.09. The Morgan fingerprint density at radius 2 is 2.31 bits per heavy atom. The number of nitrogens with zero attached hydrogens (tertiary/aromatic N) is 3. The van der Waals surface area contributed by atoms with Gasteiger partial charge in [-0.1, -0.05) is 0 Å². The van der Waals surface area contributed by atoms with Crippen LogP contribution in [-0.4, -0.2) is 47.8 Å². The van der Waals surface area contributed by atoms with Crippen molar-refractivity contribution in [3.63, 3.8) is 0 Å². The minimum atomic E-state index is 0.0256. The number of carbonyl (C=O) groups is 1. The first-order valence-corrected chi connectivity index (χ1v) is 5.54. The Hall–Kier alpha value is -1.36. The molecule has 0 spiro atoms. The van der Waals surface area contributed by atoms with Gasteiger partial charge in [-0.15, -0.1) is 0 Å². The van der Waals surface area contributed by atoms with E-state index in [0.717, 1.165) is 18.8 Å². The summed E-state index contributed by atoms with van der Waals surface area (Å²) in [5.74, 6) is 0.0256. The summed E-state index contributed by atoms with van der Waals surface area (Å²) in [5, 5.41) is 7.29. The normalized spacial score (nSPS) is 10.5. The number of hydrogen-bond donors (Lipinski definition) is 1. The Morgan fingerprint density at radius 3 is 2.88 bits per heavy atom. The summed E-state index contributed by atoms with van der Waals surface area (Å²) in [4.78, 5) is 13.8. The van der Waals surface area contributed by atoms with Gasteiger partial charge in [-0.2, -0.15) is 5.10 Å². The van der Waals surface area contributed by atoms with Gasteiger partial charge in [0.15, 0.2) is 0 Å². The Morgan fingerprint density at radius 1 is 1.62 bits per heavy atom. The fraction of sp³-hybridized carbons (Fsp3) is 0.636. The monoisotopic (exact) mass is 224 g/mol. The van der Waals surface area contributed by atoms with E-state index in [4.69, 9.17) is 0 Å². The molecule has 1 N–H and O–H groups in total. The number of amides is 1.